The molecular weight excluding hydrogens is 506 g/mol. The van der Waals surface area contributed by atoms with E-state index in [1.807, 2.05) is 59.7 Å². The molecule has 8 heteroatoms. The average Bonchev–Trinajstić information content (AvgIpc) is 3.33. The van der Waals surface area contributed by atoms with Crippen LogP contribution in [0, 0.1) is 0 Å². The Morgan fingerprint density at radius 2 is 1.72 bits per heavy atom. The highest BCUT2D eigenvalue weighted by Crippen LogP contribution is 2.45. The molecule has 0 saturated carbocycles. The number of allylic oxidation sites excluding steroid dienone is 1. The second kappa shape index (κ2) is 11.7. The molecule has 2 N–H and O–H groups in total. The molecule has 2 amide bonds. The van der Waals surface area contributed by atoms with Crippen molar-refractivity contribution in [2.75, 3.05) is 5.32 Å². The minimum absolute atomic E-state index is 0.101. The highest BCUT2D eigenvalue weighted by Gasteiger charge is 2.40. The number of anilines is 1. The van der Waals surface area contributed by atoms with Crippen LogP contribution >= 0.6 is 11.8 Å². The Bertz CT molecular complexity index is 1450. The van der Waals surface area contributed by atoms with Gasteiger partial charge in [0.15, 0.2) is 5.17 Å². The SMILES string of the molecule is CC1=C(C(=O)Nc2ccccc2)[C@@H](c2ccc(C(C)C)cc2)N2C(CC(=O)NCc3ccncc3)=CSC2=N1. The Balaban J connectivity index is 1.44. The van der Waals surface area contributed by atoms with Crippen molar-refractivity contribution in [1.82, 2.24) is 15.2 Å². The largest absolute Gasteiger partial charge is 0.352 e. The Morgan fingerprint density at radius 3 is 2.41 bits per heavy atom. The molecule has 0 unspecified atom stereocenters. The molecular formula is C31H31N5O2S. The van der Waals surface area contributed by atoms with Crippen LogP contribution in [0.25, 0.3) is 0 Å². The molecule has 1 aromatic heterocycles. The molecule has 3 heterocycles. The summed E-state index contributed by atoms with van der Waals surface area (Å²) >= 11 is 1.48. The number of para-hydroxylation sites is 1. The molecule has 1 atom stereocenters. The van der Waals surface area contributed by atoms with Crippen molar-refractivity contribution in [3.8, 4) is 0 Å². The first-order valence-electron chi connectivity index (χ1n) is 13.0. The Labute approximate surface area is 233 Å². The van der Waals surface area contributed by atoms with Gasteiger partial charge in [-0.1, -0.05) is 68.1 Å². The lowest BCUT2D eigenvalue weighted by Gasteiger charge is -2.36. The number of fused-ring (bicyclic) bond motifs is 1. The summed E-state index contributed by atoms with van der Waals surface area (Å²) in [5.41, 5.74) is 5.92. The second-order valence-electron chi connectivity index (χ2n) is 9.84. The highest BCUT2D eigenvalue weighted by atomic mass is 32.2. The molecule has 3 aromatic rings. The number of carbonyl (C=O) groups is 2. The van der Waals surface area contributed by atoms with E-state index in [2.05, 4.69) is 53.7 Å². The smallest absolute Gasteiger partial charge is 0.255 e. The number of hydrogen-bond acceptors (Lipinski definition) is 6. The van der Waals surface area contributed by atoms with Crippen LogP contribution in [0.4, 0.5) is 5.69 Å². The highest BCUT2D eigenvalue weighted by molar-refractivity contribution is 8.16. The van der Waals surface area contributed by atoms with Crippen LogP contribution in [0.5, 0.6) is 0 Å². The Morgan fingerprint density at radius 1 is 1.00 bits per heavy atom. The fraction of sp³-hybridized carbons (Fsp3) is 0.226. The van der Waals surface area contributed by atoms with E-state index in [1.54, 1.807) is 12.4 Å². The van der Waals surface area contributed by atoms with E-state index in [-0.39, 0.29) is 18.2 Å². The topological polar surface area (TPSA) is 86.7 Å². The van der Waals surface area contributed by atoms with Crippen molar-refractivity contribution < 1.29 is 9.59 Å². The molecule has 0 radical (unpaired) electrons. The summed E-state index contributed by atoms with van der Waals surface area (Å²) < 4.78 is 0. The first-order valence-corrected chi connectivity index (χ1v) is 13.8. The lowest BCUT2D eigenvalue weighted by Crippen LogP contribution is -2.38. The molecule has 0 bridgehead atoms. The third-order valence-corrected chi connectivity index (χ3v) is 7.67. The molecule has 0 saturated heterocycles. The molecule has 0 aliphatic carbocycles. The van der Waals surface area contributed by atoms with Gasteiger partial charge in [-0.2, -0.15) is 0 Å². The third kappa shape index (κ3) is 5.96. The number of aliphatic imine (C=N–C) groups is 1. The number of rotatable bonds is 8. The van der Waals surface area contributed by atoms with Gasteiger partial charge < -0.3 is 15.5 Å². The van der Waals surface area contributed by atoms with Crippen molar-refractivity contribution in [3.05, 3.63) is 118 Å². The lowest BCUT2D eigenvalue weighted by molar-refractivity contribution is -0.120. The number of amides is 2. The van der Waals surface area contributed by atoms with Gasteiger partial charge in [0, 0.05) is 30.3 Å². The monoisotopic (exact) mass is 537 g/mol. The summed E-state index contributed by atoms with van der Waals surface area (Å²) in [4.78, 5) is 37.6. The normalized spacial score (nSPS) is 16.5. The first kappa shape index (κ1) is 26.4. The zero-order valence-electron chi connectivity index (χ0n) is 22.2. The standard InChI is InChI=1S/C31H31N5O2S/c1-20(2)23-9-11-24(12-10-23)29-28(30(38)35-25-7-5-4-6-8-25)21(3)34-31-36(29)26(19-39-31)17-27(37)33-18-22-13-15-32-16-14-22/h4-16,19-20,29H,17-18H2,1-3H3,(H,33,37)(H,35,38)/t29-/m1/s1. The molecule has 7 nitrogen and oxygen atoms in total. The van der Waals surface area contributed by atoms with Gasteiger partial charge in [0.05, 0.1) is 23.7 Å². The molecule has 2 aromatic carbocycles. The number of benzene rings is 2. The minimum atomic E-state index is -0.420. The first-order chi connectivity index (χ1) is 18.9. The molecule has 198 valence electrons. The van der Waals surface area contributed by atoms with Gasteiger partial charge in [0.2, 0.25) is 5.91 Å². The van der Waals surface area contributed by atoms with Crippen LogP contribution in [0.3, 0.4) is 0 Å². The molecule has 0 fully saturated rings. The quantitative estimate of drug-likeness (QED) is 0.361. The number of hydrogen-bond donors (Lipinski definition) is 2. The predicted molar refractivity (Wildman–Crippen MR) is 157 cm³/mol. The van der Waals surface area contributed by atoms with Crippen LogP contribution in [0.1, 0.15) is 55.8 Å². The molecule has 5 rings (SSSR count). The average molecular weight is 538 g/mol. The minimum Gasteiger partial charge on any atom is -0.352 e. The molecule has 39 heavy (non-hydrogen) atoms. The zero-order valence-corrected chi connectivity index (χ0v) is 23.0. The van der Waals surface area contributed by atoms with Crippen LogP contribution in [-0.2, 0) is 16.1 Å². The van der Waals surface area contributed by atoms with Gasteiger partial charge >= 0.3 is 0 Å². The summed E-state index contributed by atoms with van der Waals surface area (Å²) in [7, 11) is 0. The number of carbonyl (C=O) groups excluding carboxylic acids is 2. The number of amidine groups is 1. The van der Waals surface area contributed by atoms with Gasteiger partial charge in [-0.25, -0.2) is 4.99 Å². The summed E-state index contributed by atoms with van der Waals surface area (Å²) in [5, 5.41) is 8.77. The predicted octanol–water partition coefficient (Wildman–Crippen LogP) is 6.13. The van der Waals surface area contributed by atoms with Crippen LogP contribution < -0.4 is 10.6 Å². The fourth-order valence-electron chi connectivity index (χ4n) is 4.69. The van der Waals surface area contributed by atoms with Crippen LogP contribution in [0.2, 0.25) is 0 Å². The van der Waals surface area contributed by atoms with Gasteiger partial charge in [-0.3, -0.25) is 14.6 Å². The lowest BCUT2D eigenvalue weighted by atomic mass is 9.91. The number of thioether (sulfide) groups is 1. The van der Waals surface area contributed by atoms with E-state index >= 15 is 0 Å². The molecule has 0 spiro atoms. The second-order valence-corrected chi connectivity index (χ2v) is 10.7. The van der Waals surface area contributed by atoms with E-state index in [0.717, 1.165) is 22.0 Å². The maximum atomic E-state index is 13.7. The zero-order chi connectivity index (χ0) is 27.4. The van der Waals surface area contributed by atoms with Crippen molar-refractivity contribution in [1.29, 1.82) is 0 Å². The van der Waals surface area contributed by atoms with Gasteiger partial charge in [-0.15, -0.1) is 0 Å². The number of nitrogens with zero attached hydrogens (tertiary/aromatic N) is 3. The maximum Gasteiger partial charge on any atom is 0.255 e. The molecule has 2 aliphatic heterocycles. The van der Waals surface area contributed by atoms with Gasteiger partial charge in [0.1, 0.15) is 0 Å². The van der Waals surface area contributed by atoms with E-state index in [1.165, 1.54) is 17.3 Å². The third-order valence-electron chi connectivity index (χ3n) is 6.78. The Kier molecular flexibility index (Phi) is 7.93. The summed E-state index contributed by atoms with van der Waals surface area (Å²) in [6.45, 7) is 6.61. The number of nitrogens with one attached hydrogen (secondary N) is 2. The fourth-order valence-corrected chi connectivity index (χ4v) is 5.65. The van der Waals surface area contributed by atoms with Crippen molar-refractivity contribution in [2.45, 2.75) is 45.7 Å². The van der Waals surface area contributed by atoms with Crippen molar-refractivity contribution in [2.24, 2.45) is 4.99 Å². The van der Waals surface area contributed by atoms with Crippen molar-refractivity contribution >= 4 is 34.4 Å². The molecule has 2 aliphatic rings. The van der Waals surface area contributed by atoms with Crippen molar-refractivity contribution in [3.63, 3.8) is 0 Å². The van der Waals surface area contributed by atoms with E-state index in [0.29, 0.717) is 29.4 Å². The number of pyridine rings is 1. The summed E-state index contributed by atoms with van der Waals surface area (Å²) in [6, 6.07) is 21.1. The Hall–Kier alpha value is -4.17. The van der Waals surface area contributed by atoms with Gasteiger partial charge in [0.25, 0.3) is 5.91 Å². The van der Waals surface area contributed by atoms with E-state index in [9.17, 15) is 9.59 Å². The van der Waals surface area contributed by atoms with Gasteiger partial charge in [-0.05, 0) is 59.2 Å². The van der Waals surface area contributed by atoms with Crippen LogP contribution in [0.15, 0.2) is 106 Å². The van der Waals surface area contributed by atoms with E-state index < -0.39 is 6.04 Å². The summed E-state index contributed by atoms with van der Waals surface area (Å²) in [6.07, 6.45) is 3.59. The van der Waals surface area contributed by atoms with E-state index in [4.69, 9.17) is 4.99 Å². The van der Waals surface area contributed by atoms with Crippen LogP contribution in [-0.4, -0.2) is 26.9 Å². The summed E-state index contributed by atoms with van der Waals surface area (Å²) in [5.74, 6) is 0.0794. The number of aromatic nitrogens is 1. The maximum absolute atomic E-state index is 13.7.